The molecule has 150 valence electrons. The number of nitrogens with one attached hydrogen (secondary N) is 1. The lowest BCUT2D eigenvalue weighted by Gasteiger charge is -2.15. The van der Waals surface area contributed by atoms with Crippen LogP contribution in [0.3, 0.4) is 0 Å². The molecule has 30 heavy (non-hydrogen) atoms. The van der Waals surface area contributed by atoms with E-state index in [9.17, 15) is 9.59 Å². The van der Waals surface area contributed by atoms with Gasteiger partial charge >= 0.3 is 0 Å². The summed E-state index contributed by atoms with van der Waals surface area (Å²) >= 11 is 0. The number of nitrogens with zero attached hydrogens (tertiary/aromatic N) is 2. The number of imide groups is 1. The number of aryl methyl sites for hydroxylation is 1. The molecule has 0 bridgehead atoms. The molecule has 0 saturated heterocycles. The van der Waals surface area contributed by atoms with Crippen LogP contribution in [0.15, 0.2) is 78.8 Å². The molecule has 0 atom stereocenters. The Morgan fingerprint density at radius 1 is 0.900 bits per heavy atom. The van der Waals surface area contributed by atoms with E-state index >= 15 is 0 Å². The Kier molecular flexibility index (Phi) is 5.30. The van der Waals surface area contributed by atoms with Crippen molar-refractivity contribution >= 4 is 23.1 Å². The predicted molar refractivity (Wildman–Crippen MR) is 115 cm³/mol. The first-order valence-corrected chi connectivity index (χ1v) is 9.54. The second kappa shape index (κ2) is 8.21. The van der Waals surface area contributed by atoms with Gasteiger partial charge in [-0.25, -0.2) is 0 Å². The maximum absolute atomic E-state index is 13.3. The third-order valence-electron chi connectivity index (χ3n) is 4.96. The molecule has 0 spiro atoms. The molecule has 0 aliphatic carbocycles. The molecule has 0 saturated carbocycles. The Hall–Kier alpha value is -3.93. The first-order valence-electron chi connectivity index (χ1n) is 9.54. The van der Waals surface area contributed by atoms with Gasteiger partial charge in [-0.15, -0.1) is 0 Å². The average molecular weight is 399 g/mol. The molecule has 1 aromatic heterocycles. The van der Waals surface area contributed by atoms with E-state index in [0.717, 1.165) is 11.1 Å². The van der Waals surface area contributed by atoms with Crippen molar-refractivity contribution in [3.8, 4) is 5.75 Å². The van der Waals surface area contributed by atoms with Crippen LogP contribution in [0.2, 0.25) is 0 Å². The van der Waals surface area contributed by atoms with Crippen molar-refractivity contribution in [2.75, 3.05) is 12.4 Å². The van der Waals surface area contributed by atoms with Crippen molar-refractivity contribution in [2.24, 2.45) is 0 Å². The average Bonchev–Trinajstić information content (AvgIpc) is 3.00. The van der Waals surface area contributed by atoms with Crippen molar-refractivity contribution in [1.29, 1.82) is 0 Å². The number of hydrogen-bond acceptors (Lipinski definition) is 5. The van der Waals surface area contributed by atoms with Crippen LogP contribution >= 0.6 is 0 Å². The first kappa shape index (κ1) is 19.4. The molecule has 4 rings (SSSR count). The van der Waals surface area contributed by atoms with E-state index in [1.54, 1.807) is 43.8 Å². The number of benzene rings is 2. The second-order valence-corrected chi connectivity index (χ2v) is 7.02. The summed E-state index contributed by atoms with van der Waals surface area (Å²) in [6.45, 7) is 2.16. The van der Waals surface area contributed by atoms with Crippen LogP contribution < -0.4 is 10.1 Å². The molecule has 0 fully saturated rings. The van der Waals surface area contributed by atoms with Crippen molar-refractivity contribution in [3.05, 3.63) is 95.4 Å². The molecule has 0 unspecified atom stereocenters. The number of rotatable bonds is 6. The molecular formula is C24H21N3O3. The lowest BCUT2D eigenvalue weighted by molar-refractivity contribution is -0.137. The fourth-order valence-corrected chi connectivity index (χ4v) is 3.31. The van der Waals surface area contributed by atoms with Gasteiger partial charge in [-0.05, 0) is 54.4 Å². The summed E-state index contributed by atoms with van der Waals surface area (Å²) < 4.78 is 5.19. The zero-order valence-electron chi connectivity index (χ0n) is 16.8. The molecule has 2 aromatic carbocycles. The van der Waals surface area contributed by atoms with Crippen LogP contribution in [0.1, 0.15) is 16.7 Å². The van der Waals surface area contributed by atoms with Gasteiger partial charge in [0.25, 0.3) is 11.8 Å². The largest absolute Gasteiger partial charge is 0.497 e. The van der Waals surface area contributed by atoms with Crippen molar-refractivity contribution in [1.82, 2.24) is 9.88 Å². The molecular weight excluding hydrogens is 378 g/mol. The van der Waals surface area contributed by atoms with E-state index in [1.165, 1.54) is 4.90 Å². The fourth-order valence-electron chi connectivity index (χ4n) is 3.31. The first-order chi connectivity index (χ1) is 14.6. The number of ether oxygens (including phenoxy) is 1. The number of hydrogen-bond donors (Lipinski definition) is 1. The number of pyridine rings is 1. The smallest absolute Gasteiger partial charge is 0.278 e. The van der Waals surface area contributed by atoms with Crippen LogP contribution in [-0.4, -0.2) is 28.8 Å². The molecule has 6 nitrogen and oxygen atoms in total. The molecule has 3 aromatic rings. The second-order valence-electron chi connectivity index (χ2n) is 7.02. The lowest BCUT2D eigenvalue weighted by Crippen LogP contribution is -2.32. The van der Waals surface area contributed by atoms with Crippen molar-refractivity contribution in [3.63, 3.8) is 0 Å². The van der Waals surface area contributed by atoms with Crippen LogP contribution in [0.4, 0.5) is 5.69 Å². The maximum Gasteiger partial charge on any atom is 0.278 e. The van der Waals surface area contributed by atoms with Crippen LogP contribution in [0.5, 0.6) is 5.75 Å². The Morgan fingerprint density at radius 2 is 1.57 bits per heavy atom. The van der Waals surface area contributed by atoms with E-state index in [2.05, 4.69) is 10.3 Å². The number of amides is 2. The minimum atomic E-state index is -0.358. The van der Waals surface area contributed by atoms with E-state index in [4.69, 9.17) is 4.74 Å². The predicted octanol–water partition coefficient (Wildman–Crippen LogP) is 3.79. The van der Waals surface area contributed by atoms with Crippen LogP contribution in [-0.2, 0) is 16.1 Å². The summed E-state index contributed by atoms with van der Waals surface area (Å²) in [6.07, 6.45) is 3.29. The van der Waals surface area contributed by atoms with E-state index < -0.39 is 0 Å². The molecule has 2 heterocycles. The van der Waals surface area contributed by atoms with Gasteiger partial charge in [0.05, 0.1) is 19.2 Å². The van der Waals surface area contributed by atoms with Gasteiger partial charge in [0, 0.05) is 18.1 Å². The summed E-state index contributed by atoms with van der Waals surface area (Å²) in [5.41, 5.74) is 3.94. The van der Waals surface area contributed by atoms with Crippen molar-refractivity contribution in [2.45, 2.75) is 13.5 Å². The van der Waals surface area contributed by atoms with Gasteiger partial charge in [0.1, 0.15) is 11.4 Å². The molecule has 0 radical (unpaired) electrons. The number of carbonyl (C=O) groups excluding carboxylic acids is 2. The Morgan fingerprint density at radius 3 is 2.20 bits per heavy atom. The minimum Gasteiger partial charge on any atom is -0.497 e. The van der Waals surface area contributed by atoms with E-state index in [0.29, 0.717) is 22.6 Å². The number of anilines is 1. The highest BCUT2D eigenvalue weighted by atomic mass is 16.5. The van der Waals surface area contributed by atoms with E-state index in [-0.39, 0.29) is 24.1 Å². The molecule has 1 aliphatic heterocycles. The standard InChI is InChI=1S/C24H21N3O3/c1-16-3-5-18(6-4-16)21-22(26-19-7-9-20(30-2)10-8-19)24(29)27(23(21)28)15-17-11-13-25-14-12-17/h3-14,26H,15H2,1-2H3. The summed E-state index contributed by atoms with van der Waals surface area (Å²) in [5, 5.41) is 3.15. The fraction of sp³-hybridized carbons (Fsp3) is 0.125. The Balaban J connectivity index is 1.72. The Bertz CT molecular complexity index is 1100. The van der Waals surface area contributed by atoms with Gasteiger partial charge in [-0.1, -0.05) is 29.8 Å². The van der Waals surface area contributed by atoms with Gasteiger partial charge in [-0.2, -0.15) is 0 Å². The third-order valence-corrected chi connectivity index (χ3v) is 4.96. The monoisotopic (exact) mass is 399 g/mol. The Labute approximate surface area is 174 Å². The topological polar surface area (TPSA) is 71.5 Å². The zero-order chi connectivity index (χ0) is 21.1. The highest BCUT2D eigenvalue weighted by molar-refractivity contribution is 6.36. The summed E-state index contributed by atoms with van der Waals surface area (Å²) in [7, 11) is 1.59. The summed E-state index contributed by atoms with van der Waals surface area (Å²) in [6, 6.07) is 18.4. The SMILES string of the molecule is COc1ccc(NC2=C(c3ccc(C)cc3)C(=O)N(Cc3ccncc3)C2=O)cc1. The molecule has 6 heteroatoms. The van der Waals surface area contributed by atoms with Crippen molar-refractivity contribution < 1.29 is 14.3 Å². The lowest BCUT2D eigenvalue weighted by atomic mass is 10.0. The quantitative estimate of drug-likeness (QED) is 0.639. The number of aromatic nitrogens is 1. The molecule has 1 aliphatic rings. The third kappa shape index (κ3) is 3.80. The van der Waals surface area contributed by atoms with Gasteiger partial charge in [-0.3, -0.25) is 19.5 Å². The van der Waals surface area contributed by atoms with Gasteiger partial charge in [0.2, 0.25) is 0 Å². The molecule has 2 amide bonds. The van der Waals surface area contributed by atoms with Crippen LogP contribution in [0.25, 0.3) is 5.57 Å². The number of carbonyl (C=O) groups is 2. The summed E-state index contributed by atoms with van der Waals surface area (Å²) in [4.78, 5) is 31.8. The normalized spacial score (nSPS) is 13.7. The highest BCUT2D eigenvalue weighted by Crippen LogP contribution is 2.32. The van der Waals surface area contributed by atoms with Gasteiger partial charge in [0.15, 0.2) is 0 Å². The zero-order valence-corrected chi connectivity index (χ0v) is 16.8. The highest BCUT2D eigenvalue weighted by Gasteiger charge is 2.39. The number of methoxy groups -OCH3 is 1. The van der Waals surface area contributed by atoms with E-state index in [1.807, 2.05) is 43.3 Å². The molecule has 1 N–H and O–H groups in total. The minimum absolute atomic E-state index is 0.184. The summed E-state index contributed by atoms with van der Waals surface area (Å²) in [5.74, 6) is 0.0290. The van der Waals surface area contributed by atoms with Gasteiger partial charge < -0.3 is 10.1 Å². The van der Waals surface area contributed by atoms with Crippen LogP contribution in [0, 0.1) is 6.92 Å². The maximum atomic E-state index is 13.3.